The zero-order valence-corrected chi connectivity index (χ0v) is 10.8. The lowest BCUT2D eigenvalue weighted by Gasteiger charge is -2.19. The summed E-state index contributed by atoms with van der Waals surface area (Å²) >= 11 is 1.15. The van der Waals surface area contributed by atoms with Crippen LogP contribution in [0.5, 0.6) is 0 Å². The third-order valence-corrected chi connectivity index (χ3v) is 3.29. The summed E-state index contributed by atoms with van der Waals surface area (Å²) in [6, 6.07) is 6.33. The van der Waals surface area contributed by atoms with Gasteiger partial charge in [-0.05, 0) is 12.1 Å². The van der Waals surface area contributed by atoms with Gasteiger partial charge in [0.1, 0.15) is 5.82 Å². The summed E-state index contributed by atoms with van der Waals surface area (Å²) in [6.07, 6.45) is 1.60. The maximum Gasteiger partial charge on any atom is 0.233 e. The van der Waals surface area contributed by atoms with Gasteiger partial charge in [0, 0.05) is 18.0 Å². The van der Waals surface area contributed by atoms with Gasteiger partial charge in [-0.3, -0.25) is 4.79 Å². The minimum Gasteiger partial charge on any atom is -0.395 e. The first-order valence-electron chi connectivity index (χ1n) is 5.56. The van der Waals surface area contributed by atoms with E-state index >= 15 is 0 Å². The molecule has 3 nitrogen and oxygen atoms in total. The van der Waals surface area contributed by atoms with E-state index in [1.807, 2.05) is 0 Å². The molecule has 0 bridgehead atoms. The van der Waals surface area contributed by atoms with E-state index in [1.54, 1.807) is 24.3 Å². The molecule has 1 aromatic carbocycles. The van der Waals surface area contributed by atoms with Crippen molar-refractivity contribution in [2.75, 3.05) is 25.4 Å². The number of aliphatic hydroxyl groups is 1. The van der Waals surface area contributed by atoms with Gasteiger partial charge in [0.15, 0.2) is 0 Å². The summed E-state index contributed by atoms with van der Waals surface area (Å²) in [7, 11) is 0. The Labute approximate surface area is 110 Å². The highest BCUT2D eigenvalue weighted by Crippen LogP contribution is 2.21. The normalized spacial score (nSPS) is 10.1. The molecular weight excluding hydrogens is 253 g/mol. The molecule has 0 aliphatic carbocycles. The number of nitrogens with zero attached hydrogens (tertiary/aromatic N) is 1. The number of halogens is 1. The number of benzene rings is 1. The molecule has 0 heterocycles. The minimum atomic E-state index is -0.326. The van der Waals surface area contributed by atoms with Crippen LogP contribution in [0.25, 0.3) is 0 Å². The zero-order valence-electron chi connectivity index (χ0n) is 10.0. The molecule has 0 fully saturated rings. The average Bonchev–Trinajstić information content (AvgIpc) is 2.37. The molecule has 5 heteroatoms. The van der Waals surface area contributed by atoms with Crippen LogP contribution >= 0.6 is 11.8 Å². The SMILES string of the molecule is C=CCN(CCO)C(=O)CSc1ccccc1F. The van der Waals surface area contributed by atoms with Crippen LogP contribution in [0.1, 0.15) is 0 Å². The molecule has 18 heavy (non-hydrogen) atoms. The third-order valence-electron chi connectivity index (χ3n) is 2.26. The van der Waals surface area contributed by atoms with Gasteiger partial charge in [-0.2, -0.15) is 0 Å². The van der Waals surface area contributed by atoms with Crippen LogP contribution < -0.4 is 0 Å². The molecule has 0 spiro atoms. The van der Waals surface area contributed by atoms with Crippen LogP contribution in [-0.4, -0.2) is 41.4 Å². The lowest BCUT2D eigenvalue weighted by atomic mass is 10.3. The molecular formula is C13H16FNO2S. The fourth-order valence-electron chi connectivity index (χ4n) is 1.39. The van der Waals surface area contributed by atoms with Crippen molar-refractivity contribution >= 4 is 17.7 Å². The van der Waals surface area contributed by atoms with E-state index in [0.717, 1.165) is 11.8 Å². The molecule has 98 valence electrons. The number of carbonyl (C=O) groups is 1. The second-order valence-electron chi connectivity index (χ2n) is 3.57. The third kappa shape index (κ3) is 4.50. The Morgan fingerprint density at radius 1 is 1.50 bits per heavy atom. The second kappa shape index (κ2) is 7.89. The second-order valence-corrected chi connectivity index (χ2v) is 4.59. The topological polar surface area (TPSA) is 40.5 Å². The Kier molecular flexibility index (Phi) is 6.46. The first-order valence-corrected chi connectivity index (χ1v) is 6.54. The van der Waals surface area contributed by atoms with Gasteiger partial charge in [0.2, 0.25) is 5.91 Å². The first kappa shape index (κ1) is 14.7. The molecule has 0 radical (unpaired) electrons. The van der Waals surface area contributed by atoms with Gasteiger partial charge in [-0.15, -0.1) is 18.3 Å². The standard InChI is InChI=1S/C13H16FNO2S/c1-2-7-15(8-9-16)13(17)10-18-12-6-4-3-5-11(12)14/h2-6,16H,1,7-10H2. The lowest BCUT2D eigenvalue weighted by molar-refractivity contribution is -0.128. The van der Waals surface area contributed by atoms with Crippen molar-refractivity contribution in [1.29, 1.82) is 0 Å². The average molecular weight is 269 g/mol. The van der Waals surface area contributed by atoms with Crippen LogP contribution in [0.2, 0.25) is 0 Å². The smallest absolute Gasteiger partial charge is 0.233 e. The molecule has 0 saturated heterocycles. The molecule has 0 aromatic heterocycles. The van der Waals surface area contributed by atoms with Crippen LogP contribution in [0.15, 0.2) is 41.8 Å². The Morgan fingerprint density at radius 3 is 2.83 bits per heavy atom. The molecule has 0 aliphatic heterocycles. The molecule has 0 saturated carbocycles. The summed E-state index contributed by atoms with van der Waals surface area (Å²) < 4.78 is 13.3. The molecule has 0 unspecified atom stereocenters. The number of amides is 1. The van der Waals surface area contributed by atoms with E-state index in [4.69, 9.17) is 5.11 Å². The van der Waals surface area contributed by atoms with Crippen molar-refractivity contribution in [3.63, 3.8) is 0 Å². The number of hydrogen-bond donors (Lipinski definition) is 1. The molecule has 1 amide bonds. The summed E-state index contributed by atoms with van der Waals surface area (Å²) in [4.78, 5) is 13.8. The van der Waals surface area contributed by atoms with Crippen LogP contribution in [-0.2, 0) is 4.79 Å². The van der Waals surface area contributed by atoms with Crippen molar-refractivity contribution in [2.45, 2.75) is 4.90 Å². The van der Waals surface area contributed by atoms with Crippen molar-refractivity contribution in [3.8, 4) is 0 Å². The molecule has 1 aromatic rings. The van der Waals surface area contributed by atoms with Gasteiger partial charge >= 0.3 is 0 Å². The molecule has 0 atom stereocenters. The minimum absolute atomic E-state index is 0.0933. The maximum absolute atomic E-state index is 13.3. The van der Waals surface area contributed by atoms with Crippen LogP contribution in [0, 0.1) is 5.82 Å². The Morgan fingerprint density at radius 2 is 2.22 bits per heavy atom. The van der Waals surface area contributed by atoms with E-state index in [2.05, 4.69) is 6.58 Å². The summed E-state index contributed by atoms with van der Waals surface area (Å²) in [5, 5.41) is 8.85. The Bertz CT molecular complexity index is 412. The van der Waals surface area contributed by atoms with Crippen molar-refractivity contribution in [2.24, 2.45) is 0 Å². The number of aliphatic hydroxyl groups excluding tert-OH is 1. The number of hydrogen-bond acceptors (Lipinski definition) is 3. The van der Waals surface area contributed by atoms with E-state index in [9.17, 15) is 9.18 Å². The Hall–Kier alpha value is -1.33. The van der Waals surface area contributed by atoms with Crippen LogP contribution in [0.3, 0.4) is 0 Å². The predicted molar refractivity (Wildman–Crippen MR) is 71.0 cm³/mol. The van der Waals surface area contributed by atoms with E-state index in [1.165, 1.54) is 11.0 Å². The largest absolute Gasteiger partial charge is 0.395 e. The fourth-order valence-corrected chi connectivity index (χ4v) is 2.23. The highest BCUT2D eigenvalue weighted by Gasteiger charge is 2.12. The van der Waals surface area contributed by atoms with Crippen molar-refractivity contribution in [3.05, 3.63) is 42.7 Å². The fraction of sp³-hybridized carbons (Fsp3) is 0.308. The molecule has 1 rings (SSSR count). The van der Waals surface area contributed by atoms with Crippen molar-refractivity contribution in [1.82, 2.24) is 4.90 Å². The molecule has 1 N–H and O–H groups in total. The summed E-state index contributed by atoms with van der Waals surface area (Å²) in [6.45, 7) is 4.11. The first-order chi connectivity index (χ1) is 8.69. The monoisotopic (exact) mass is 269 g/mol. The highest BCUT2D eigenvalue weighted by atomic mass is 32.2. The van der Waals surface area contributed by atoms with E-state index in [0.29, 0.717) is 11.4 Å². The molecule has 0 aliphatic rings. The van der Waals surface area contributed by atoms with E-state index in [-0.39, 0.29) is 30.6 Å². The number of rotatable bonds is 7. The van der Waals surface area contributed by atoms with Crippen molar-refractivity contribution < 1.29 is 14.3 Å². The van der Waals surface area contributed by atoms with Gasteiger partial charge < -0.3 is 10.0 Å². The zero-order chi connectivity index (χ0) is 13.4. The van der Waals surface area contributed by atoms with Gasteiger partial charge in [0.25, 0.3) is 0 Å². The van der Waals surface area contributed by atoms with Crippen LogP contribution in [0.4, 0.5) is 4.39 Å². The predicted octanol–water partition coefficient (Wildman–Crippen LogP) is 1.92. The number of thioether (sulfide) groups is 1. The maximum atomic E-state index is 13.3. The van der Waals surface area contributed by atoms with Gasteiger partial charge in [0.05, 0.1) is 12.4 Å². The van der Waals surface area contributed by atoms with E-state index < -0.39 is 0 Å². The Balaban J connectivity index is 2.53. The highest BCUT2D eigenvalue weighted by molar-refractivity contribution is 8.00. The quantitative estimate of drug-likeness (QED) is 0.607. The summed E-state index contributed by atoms with van der Waals surface area (Å²) in [5.74, 6) is -0.320. The van der Waals surface area contributed by atoms with Gasteiger partial charge in [-0.1, -0.05) is 18.2 Å². The lowest BCUT2D eigenvalue weighted by Crippen LogP contribution is -2.34. The van der Waals surface area contributed by atoms with Gasteiger partial charge in [-0.25, -0.2) is 4.39 Å². The summed E-state index contributed by atoms with van der Waals surface area (Å²) in [5.41, 5.74) is 0. The number of carbonyl (C=O) groups excluding carboxylic acids is 1.